The van der Waals surface area contributed by atoms with Crippen LogP contribution >= 0.6 is 0 Å². The maximum absolute atomic E-state index is 13.1. The normalized spacial score (nSPS) is 25.4. The number of carbonyl (C=O) groups is 2. The Hall–Kier alpha value is -1.99. The first-order valence-corrected chi connectivity index (χ1v) is 8.62. The summed E-state index contributed by atoms with van der Waals surface area (Å²) in [7, 11) is 0. The van der Waals surface area contributed by atoms with Crippen LogP contribution < -0.4 is 16.2 Å². The molecule has 5 atom stereocenters. The van der Waals surface area contributed by atoms with E-state index in [0.717, 1.165) is 5.56 Å². The molecule has 0 spiro atoms. The number of benzene rings is 1. The Morgan fingerprint density at radius 3 is 2.48 bits per heavy atom. The molecule has 0 aromatic heterocycles. The molecule has 138 valence electrons. The van der Waals surface area contributed by atoms with Gasteiger partial charge in [-0.05, 0) is 30.5 Å². The molecule has 1 aliphatic heterocycles. The van der Waals surface area contributed by atoms with Crippen LogP contribution in [0.4, 0.5) is 4.39 Å². The van der Waals surface area contributed by atoms with E-state index in [4.69, 9.17) is 0 Å². The monoisotopic (exact) mass is 351 g/mol. The summed E-state index contributed by atoms with van der Waals surface area (Å²) in [6.45, 7) is 5.66. The lowest BCUT2D eigenvalue weighted by Crippen LogP contribution is -2.46. The van der Waals surface area contributed by atoms with Gasteiger partial charge in [-0.3, -0.25) is 10.2 Å². The van der Waals surface area contributed by atoms with E-state index in [0.29, 0.717) is 6.42 Å². The quantitative estimate of drug-likeness (QED) is 0.603. The number of amides is 1. The lowest BCUT2D eigenvalue weighted by Gasteiger charge is -2.24. The molecule has 6 nitrogen and oxygen atoms in total. The first-order valence-electron chi connectivity index (χ1n) is 8.62. The van der Waals surface area contributed by atoms with Crippen LogP contribution in [0.1, 0.15) is 45.2 Å². The molecule has 3 unspecified atom stereocenters. The van der Waals surface area contributed by atoms with Gasteiger partial charge in [0.2, 0.25) is 5.91 Å². The summed E-state index contributed by atoms with van der Waals surface area (Å²) in [6, 6.07) is 5.15. The van der Waals surface area contributed by atoms with Crippen LogP contribution in [-0.2, 0) is 9.59 Å². The number of carboxylic acids is 1. The summed E-state index contributed by atoms with van der Waals surface area (Å²) in [4.78, 5) is 23.8. The van der Waals surface area contributed by atoms with Crippen LogP contribution in [0.25, 0.3) is 0 Å². The van der Waals surface area contributed by atoms with Crippen molar-refractivity contribution < 1.29 is 19.1 Å². The Bertz CT molecular complexity index is 608. The van der Waals surface area contributed by atoms with E-state index in [-0.39, 0.29) is 42.1 Å². The van der Waals surface area contributed by atoms with E-state index in [1.807, 2.05) is 20.8 Å². The van der Waals surface area contributed by atoms with Gasteiger partial charge in [-0.1, -0.05) is 32.4 Å². The fourth-order valence-corrected chi connectivity index (χ4v) is 3.15. The number of carbonyl (C=O) groups excluding carboxylic acids is 1. The Morgan fingerprint density at radius 2 is 1.92 bits per heavy atom. The van der Waals surface area contributed by atoms with Gasteiger partial charge in [0.15, 0.2) is 0 Å². The molecule has 2 rings (SSSR count). The number of hydrazine groups is 1. The molecular weight excluding hydrogens is 325 g/mol. The first kappa shape index (κ1) is 19.3. The van der Waals surface area contributed by atoms with Crippen LogP contribution in [0, 0.1) is 17.7 Å². The van der Waals surface area contributed by atoms with Gasteiger partial charge < -0.3 is 10.4 Å². The minimum absolute atomic E-state index is 0.0210. The summed E-state index contributed by atoms with van der Waals surface area (Å²) in [5.74, 6) is -1.84. The molecule has 1 saturated heterocycles. The number of halogens is 1. The minimum Gasteiger partial charge on any atom is -0.480 e. The number of carboxylic acid groups (broad SMARTS) is 1. The standard InChI is InChI=1S/C18H26FN3O3/c1-4-10(2)16(18(24)25)20-15(23)9-14-11(3)21-22-17(14)12-5-7-13(19)8-6-12/h5-8,10-11,14,16-17,21-22H,4,9H2,1-3H3,(H,20,23)(H,24,25)/t10-,11?,14?,16+,17?/m1/s1. The molecule has 1 heterocycles. The van der Waals surface area contributed by atoms with Crippen LogP contribution in [0.2, 0.25) is 0 Å². The van der Waals surface area contributed by atoms with Gasteiger partial charge in [-0.25, -0.2) is 14.6 Å². The van der Waals surface area contributed by atoms with Gasteiger partial charge in [-0.15, -0.1) is 0 Å². The highest BCUT2D eigenvalue weighted by molar-refractivity contribution is 5.84. The molecule has 0 aliphatic carbocycles. The number of rotatable bonds is 7. The van der Waals surface area contributed by atoms with Gasteiger partial charge in [0.25, 0.3) is 0 Å². The van der Waals surface area contributed by atoms with E-state index >= 15 is 0 Å². The fourth-order valence-electron chi connectivity index (χ4n) is 3.15. The minimum atomic E-state index is -1.02. The summed E-state index contributed by atoms with van der Waals surface area (Å²) in [5.41, 5.74) is 7.13. The summed E-state index contributed by atoms with van der Waals surface area (Å²) >= 11 is 0. The second kappa shape index (κ2) is 8.40. The molecule has 25 heavy (non-hydrogen) atoms. The van der Waals surface area contributed by atoms with E-state index in [1.54, 1.807) is 12.1 Å². The zero-order valence-corrected chi connectivity index (χ0v) is 14.8. The maximum atomic E-state index is 13.1. The highest BCUT2D eigenvalue weighted by atomic mass is 19.1. The summed E-state index contributed by atoms with van der Waals surface area (Å²) in [5, 5.41) is 12.0. The van der Waals surface area contributed by atoms with E-state index in [2.05, 4.69) is 16.2 Å². The average Bonchev–Trinajstić information content (AvgIpc) is 2.93. The molecule has 1 aliphatic rings. The molecular formula is C18H26FN3O3. The van der Waals surface area contributed by atoms with Crippen LogP contribution in [0.15, 0.2) is 24.3 Å². The van der Waals surface area contributed by atoms with Crippen molar-refractivity contribution in [1.82, 2.24) is 16.2 Å². The number of nitrogens with one attached hydrogen (secondary N) is 3. The van der Waals surface area contributed by atoms with Crippen molar-refractivity contribution in [2.24, 2.45) is 11.8 Å². The molecule has 1 aromatic rings. The predicted octanol–water partition coefficient (Wildman–Crippen LogP) is 1.98. The smallest absolute Gasteiger partial charge is 0.326 e. The molecule has 1 amide bonds. The second-order valence-electron chi connectivity index (χ2n) is 6.74. The molecule has 0 bridgehead atoms. The van der Waals surface area contributed by atoms with Gasteiger partial charge in [0.05, 0.1) is 6.04 Å². The molecule has 0 radical (unpaired) electrons. The highest BCUT2D eigenvalue weighted by Gasteiger charge is 2.36. The second-order valence-corrected chi connectivity index (χ2v) is 6.74. The zero-order chi connectivity index (χ0) is 18.6. The van der Waals surface area contributed by atoms with Gasteiger partial charge in [-0.2, -0.15) is 0 Å². The molecule has 0 saturated carbocycles. The van der Waals surface area contributed by atoms with Crippen molar-refractivity contribution in [1.29, 1.82) is 0 Å². The van der Waals surface area contributed by atoms with Crippen molar-refractivity contribution in [3.8, 4) is 0 Å². The summed E-state index contributed by atoms with van der Waals surface area (Å²) in [6.07, 6.45) is 0.849. The number of aliphatic carboxylic acids is 1. The third-order valence-electron chi connectivity index (χ3n) is 4.98. The lowest BCUT2D eigenvalue weighted by atomic mass is 9.87. The Kier molecular flexibility index (Phi) is 6.50. The van der Waals surface area contributed by atoms with Gasteiger partial charge in [0, 0.05) is 18.4 Å². The molecule has 4 N–H and O–H groups in total. The topological polar surface area (TPSA) is 90.5 Å². The molecule has 1 aromatic carbocycles. The average molecular weight is 351 g/mol. The maximum Gasteiger partial charge on any atom is 0.326 e. The SMILES string of the molecule is CC[C@@H](C)[C@H](NC(=O)CC1C(C)NNC1c1ccc(F)cc1)C(=O)O. The lowest BCUT2D eigenvalue weighted by molar-refractivity contribution is -0.143. The van der Waals surface area contributed by atoms with Gasteiger partial charge in [0.1, 0.15) is 11.9 Å². The van der Waals surface area contributed by atoms with Crippen LogP contribution in [0.3, 0.4) is 0 Å². The van der Waals surface area contributed by atoms with Gasteiger partial charge >= 0.3 is 5.97 Å². The van der Waals surface area contributed by atoms with Crippen molar-refractivity contribution in [3.63, 3.8) is 0 Å². The van der Waals surface area contributed by atoms with Crippen LogP contribution in [0.5, 0.6) is 0 Å². The highest BCUT2D eigenvalue weighted by Crippen LogP contribution is 2.31. The Labute approximate surface area is 147 Å². The Balaban J connectivity index is 2.06. The van der Waals surface area contributed by atoms with Crippen LogP contribution in [-0.4, -0.2) is 29.1 Å². The van der Waals surface area contributed by atoms with Crippen molar-refractivity contribution in [2.45, 2.75) is 51.7 Å². The number of hydrogen-bond donors (Lipinski definition) is 4. The fraction of sp³-hybridized carbons (Fsp3) is 0.556. The molecule has 7 heteroatoms. The largest absolute Gasteiger partial charge is 0.480 e. The van der Waals surface area contributed by atoms with E-state index in [1.165, 1.54) is 12.1 Å². The first-order chi connectivity index (χ1) is 11.8. The van der Waals surface area contributed by atoms with Crippen molar-refractivity contribution >= 4 is 11.9 Å². The van der Waals surface area contributed by atoms with E-state index in [9.17, 15) is 19.1 Å². The third-order valence-corrected chi connectivity index (χ3v) is 4.98. The van der Waals surface area contributed by atoms with E-state index < -0.39 is 12.0 Å². The zero-order valence-electron chi connectivity index (χ0n) is 14.8. The van der Waals surface area contributed by atoms with Crippen molar-refractivity contribution in [3.05, 3.63) is 35.6 Å². The predicted molar refractivity (Wildman–Crippen MR) is 92.0 cm³/mol. The molecule has 1 fully saturated rings. The summed E-state index contributed by atoms with van der Waals surface area (Å²) < 4.78 is 13.1. The third kappa shape index (κ3) is 4.76. The number of hydrogen-bond acceptors (Lipinski definition) is 4. The van der Waals surface area contributed by atoms with Crippen molar-refractivity contribution in [2.75, 3.05) is 0 Å². The Morgan fingerprint density at radius 1 is 1.28 bits per heavy atom.